The molecule has 0 saturated carbocycles. The van der Waals surface area contributed by atoms with Crippen LogP contribution >= 0.6 is 11.8 Å². The summed E-state index contributed by atoms with van der Waals surface area (Å²) in [5.74, 6) is 0.725. The van der Waals surface area contributed by atoms with Gasteiger partial charge in [-0.05, 0) is 5.56 Å². The lowest BCUT2D eigenvalue weighted by atomic mass is 10.2. The summed E-state index contributed by atoms with van der Waals surface area (Å²) >= 11 is 1.43. The third kappa shape index (κ3) is 3.04. The van der Waals surface area contributed by atoms with Crippen LogP contribution in [0.2, 0.25) is 0 Å². The first-order chi connectivity index (χ1) is 8.81. The number of aromatic amines is 1. The molecule has 0 atom stereocenters. The molecule has 18 heavy (non-hydrogen) atoms. The van der Waals surface area contributed by atoms with Crippen LogP contribution in [0.4, 0.5) is 0 Å². The van der Waals surface area contributed by atoms with Crippen LogP contribution in [0.5, 0.6) is 0 Å². The molecule has 0 spiro atoms. The Hall–Kier alpha value is -1.95. The number of nitrogens with zero attached hydrogens (tertiary/aromatic N) is 2. The predicted octanol–water partition coefficient (Wildman–Crippen LogP) is 1.48. The van der Waals surface area contributed by atoms with E-state index in [9.17, 15) is 4.79 Å². The second-order valence-electron chi connectivity index (χ2n) is 3.46. The first-order valence-electron chi connectivity index (χ1n) is 5.39. The minimum absolute atomic E-state index is 0.262. The molecule has 0 fully saturated rings. The summed E-state index contributed by atoms with van der Waals surface area (Å²) in [5.41, 5.74) is 0.778. The zero-order chi connectivity index (χ0) is 12.8. The molecule has 0 aliphatic rings. The van der Waals surface area contributed by atoms with Crippen molar-refractivity contribution in [2.75, 3.05) is 6.61 Å². The Morgan fingerprint density at radius 1 is 1.44 bits per heavy atom. The van der Waals surface area contributed by atoms with Crippen LogP contribution in [0.1, 0.15) is 5.56 Å². The Bertz CT molecular complexity index is 562. The smallest absolute Gasteiger partial charge is 0.377 e. The van der Waals surface area contributed by atoms with Crippen molar-refractivity contribution in [3.8, 4) is 0 Å². The van der Waals surface area contributed by atoms with E-state index in [0.717, 1.165) is 16.0 Å². The van der Waals surface area contributed by atoms with E-state index in [1.54, 1.807) is 6.08 Å². The number of hydrogen-bond donors (Lipinski definition) is 1. The van der Waals surface area contributed by atoms with Gasteiger partial charge in [0.15, 0.2) is 0 Å². The Kier molecular flexibility index (Phi) is 4.25. The minimum atomic E-state index is -0.382. The van der Waals surface area contributed by atoms with Gasteiger partial charge in [-0.2, -0.15) is 0 Å². The maximum atomic E-state index is 11.4. The zero-order valence-corrected chi connectivity index (χ0v) is 10.5. The highest BCUT2D eigenvalue weighted by Gasteiger charge is 2.09. The van der Waals surface area contributed by atoms with Crippen LogP contribution in [0.25, 0.3) is 0 Å². The minimum Gasteiger partial charge on any atom is -0.403 e. The molecule has 2 rings (SSSR count). The number of rotatable bonds is 6. The summed E-state index contributed by atoms with van der Waals surface area (Å²) in [6, 6.07) is 9.95. The molecule has 0 saturated heterocycles. The maximum Gasteiger partial charge on any atom is 0.377 e. The van der Waals surface area contributed by atoms with Crippen molar-refractivity contribution in [1.82, 2.24) is 14.9 Å². The van der Waals surface area contributed by atoms with Crippen LogP contribution in [0, 0.1) is 0 Å². The maximum absolute atomic E-state index is 11.4. The Morgan fingerprint density at radius 2 is 2.22 bits per heavy atom. The standard InChI is InChI=1S/C12H13N3O2S/c1-2-8-17-15-11(16)13-14-12(15)18-9-10-6-4-3-5-7-10/h2-7H,1,8-9H2,(H,13,16). The molecule has 1 heterocycles. The second kappa shape index (κ2) is 6.11. The number of thioether (sulfide) groups is 1. The SMILES string of the molecule is C=CCOn1c(SCc2ccccc2)n[nH]c1=O. The van der Waals surface area contributed by atoms with E-state index in [1.165, 1.54) is 11.8 Å². The van der Waals surface area contributed by atoms with Crippen LogP contribution in [0.3, 0.4) is 0 Å². The van der Waals surface area contributed by atoms with Crippen molar-refractivity contribution >= 4 is 11.8 Å². The highest BCUT2D eigenvalue weighted by atomic mass is 32.2. The average molecular weight is 263 g/mol. The Labute approximate surface area is 108 Å². The van der Waals surface area contributed by atoms with Gasteiger partial charge in [0.05, 0.1) is 0 Å². The monoisotopic (exact) mass is 263 g/mol. The first kappa shape index (κ1) is 12.5. The van der Waals surface area contributed by atoms with Gasteiger partial charge in [-0.1, -0.05) is 54.7 Å². The van der Waals surface area contributed by atoms with E-state index in [2.05, 4.69) is 16.8 Å². The van der Waals surface area contributed by atoms with Crippen LogP contribution < -0.4 is 10.5 Å². The van der Waals surface area contributed by atoms with Crippen molar-refractivity contribution in [1.29, 1.82) is 0 Å². The lowest BCUT2D eigenvalue weighted by Gasteiger charge is -2.04. The van der Waals surface area contributed by atoms with E-state index in [1.807, 2.05) is 30.3 Å². The molecule has 6 heteroatoms. The van der Waals surface area contributed by atoms with Gasteiger partial charge in [0.1, 0.15) is 6.61 Å². The number of hydrogen-bond acceptors (Lipinski definition) is 4. The molecule has 0 radical (unpaired) electrons. The van der Waals surface area contributed by atoms with Gasteiger partial charge in [0.25, 0.3) is 0 Å². The molecule has 0 bridgehead atoms. The molecule has 1 N–H and O–H groups in total. The number of nitrogens with one attached hydrogen (secondary N) is 1. The summed E-state index contributed by atoms with van der Waals surface area (Å²) in [7, 11) is 0. The number of H-pyrrole nitrogens is 1. The normalized spacial score (nSPS) is 10.2. The third-order valence-corrected chi connectivity index (χ3v) is 3.13. The quantitative estimate of drug-likeness (QED) is 0.633. The highest BCUT2D eigenvalue weighted by molar-refractivity contribution is 7.98. The molecular formula is C12H13N3O2S. The zero-order valence-electron chi connectivity index (χ0n) is 9.70. The van der Waals surface area contributed by atoms with Gasteiger partial charge >= 0.3 is 5.69 Å². The Balaban J connectivity index is 2.05. The van der Waals surface area contributed by atoms with Crippen molar-refractivity contribution in [3.63, 3.8) is 0 Å². The predicted molar refractivity (Wildman–Crippen MR) is 70.5 cm³/mol. The van der Waals surface area contributed by atoms with Crippen molar-refractivity contribution in [2.45, 2.75) is 10.9 Å². The van der Waals surface area contributed by atoms with Gasteiger partial charge in [0, 0.05) is 5.75 Å². The molecule has 0 aliphatic carbocycles. The van der Waals surface area contributed by atoms with E-state index < -0.39 is 0 Å². The second-order valence-corrected chi connectivity index (χ2v) is 4.41. The molecule has 5 nitrogen and oxygen atoms in total. The van der Waals surface area contributed by atoms with Gasteiger partial charge in [0.2, 0.25) is 5.16 Å². The molecule has 94 valence electrons. The van der Waals surface area contributed by atoms with Crippen LogP contribution in [-0.2, 0) is 5.75 Å². The highest BCUT2D eigenvalue weighted by Crippen LogP contribution is 2.18. The fourth-order valence-corrected chi connectivity index (χ4v) is 2.18. The lowest BCUT2D eigenvalue weighted by molar-refractivity contribution is 0.106. The molecule has 0 aliphatic heterocycles. The molecule has 2 aromatic rings. The molecule has 0 unspecified atom stereocenters. The fourth-order valence-electron chi connectivity index (χ4n) is 1.33. The van der Waals surface area contributed by atoms with E-state index in [-0.39, 0.29) is 12.3 Å². The summed E-state index contributed by atoms with van der Waals surface area (Å²) in [5, 5.41) is 6.78. The topological polar surface area (TPSA) is 59.9 Å². The number of benzene rings is 1. The van der Waals surface area contributed by atoms with Gasteiger partial charge in [-0.15, -0.1) is 9.83 Å². The fraction of sp³-hybridized carbons (Fsp3) is 0.167. The Morgan fingerprint density at radius 3 is 2.94 bits per heavy atom. The van der Waals surface area contributed by atoms with Crippen LogP contribution in [0.15, 0.2) is 52.9 Å². The van der Waals surface area contributed by atoms with Gasteiger partial charge < -0.3 is 4.84 Å². The molecule has 1 aromatic carbocycles. The molecular weight excluding hydrogens is 250 g/mol. The average Bonchev–Trinajstić information content (AvgIpc) is 2.76. The lowest BCUT2D eigenvalue weighted by Crippen LogP contribution is -2.25. The largest absolute Gasteiger partial charge is 0.403 e. The third-order valence-electron chi connectivity index (χ3n) is 2.14. The summed E-state index contributed by atoms with van der Waals surface area (Å²) < 4.78 is 1.15. The number of aromatic nitrogens is 3. The first-order valence-corrected chi connectivity index (χ1v) is 6.38. The van der Waals surface area contributed by atoms with E-state index >= 15 is 0 Å². The van der Waals surface area contributed by atoms with Crippen molar-refractivity contribution in [2.24, 2.45) is 0 Å². The van der Waals surface area contributed by atoms with Crippen molar-refractivity contribution in [3.05, 3.63) is 59.0 Å². The van der Waals surface area contributed by atoms with Crippen LogP contribution in [-0.4, -0.2) is 21.5 Å². The summed E-state index contributed by atoms with van der Waals surface area (Å²) in [4.78, 5) is 16.6. The van der Waals surface area contributed by atoms with E-state index in [4.69, 9.17) is 4.84 Å². The molecule has 1 aromatic heterocycles. The van der Waals surface area contributed by atoms with Gasteiger partial charge in [-0.25, -0.2) is 9.89 Å². The van der Waals surface area contributed by atoms with E-state index in [0.29, 0.717) is 5.16 Å². The van der Waals surface area contributed by atoms with Crippen molar-refractivity contribution < 1.29 is 4.84 Å². The molecule has 0 amide bonds. The summed E-state index contributed by atoms with van der Waals surface area (Å²) in [6.07, 6.45) is 1.57. The summed E-state index contributed by atoms with van der Waals surface area (Å²) in [6.45, 7) is 3.80. The van der Waals surface area contributed by atoms with Gasteiger partial charge in [-0.3, -0.25) is 0 Å².